The van der Waals surface area contributed by atoms with E-state index in [0.29, 0.717) is 23.4 Å². The fourth-order valence-electron chi connectivity index (χ4n) is 2.68. The second kappa shape index (κ2) is 7.17. The summed E-state index contributed by atoms with van der Waals surface area (Å²) in [6.45, 7) is 0.716. The highest BCUT2D eigenvalue weighted by atomic mass is 32.2. The summed E-state index contributed by atoms with van der Waals surface area (Å²) in [7, 11) is 0. The molecule has 2 aliphatic carbocycles. The summed E-state index contributed by atoms with van der Waals surface area (Å²) in [4.78, 5) is 11.9. The lowest BCUT2D eigenvalue weighted by Gasteiger charge is -2.12. The molecule has 0 aromatic carbocycles. The molecular formula is C15H23N5OS. The van der Waals surface area contributed by atoms with E-state index in [1.54, 1.807) is 0 Å². The van der Waals surface area contributed by atoms with E-state index >= 15 is 0 Å². The van der Waals surface area contributed by atoms with Gasteiger partial charge in [0.1, 0.15) is 0 Å². The predicted octanol–water partition coefficient (Wildman–Crippen LogP) is 1.97. The molecule has 0 radical (unpaired) electrons. The molecule has 1 amide bonds. The number of allylic oxidation sites excluding steroid dienone is 1. The summed E-state index contributed by atoms with van der Waals surface area (Å²) in [6, 6.07) is 0. The Hall–Kier alpha value is -1.50. The van der Waals surface area contributed by atoms with E-state index in [9.17, 15) is 4.79 Å². The lowest BCUT2D eigenvalue weighted by molar-refractivity contribution is -0.118. The van der Waals surface area contributed by atoms with Crippen LogP contribution in [0.2, 0.25) is 0 Å². The van der Waals surface area contributed by atoms with Crippen molar-refractivity contribution in [1.29, 1.82) is 0 Å². The molecule has 1 heterocycles. The summed E-state index contributed by atoms with van der Waals surface area (Å²) >= 11 is 1.34. The molecule has 22 heavy (non-hydrogen) atoms. The summed E-state index contributed by atoms with van der Waals surface area (Å²) < 4.78 is 1.53. The van der Waals surface area contributed by atoms with Gasteiger partial charge in [0.25, 0.3) is 0 Å². The van der Waals surface area contributed by atoms with Crippen LogP contribution in [0.1, 0.15) is 56.7 Å². The molecule has 3 rings (SSSR count). The van der Waals surface area contributed by atoms with Gasteiger partial charge in [-0.15, -0.1) is 10.2 Å². The maximum Gasteiger partial charge on any atom is 0.230 e. The van der Waals surface area contributed by atoms with E-state index in [1.807, 2.05) is 0 Å². The van der Waals surface area contributed by atoms with Gasteiger partial charge in [-0.1, -0.05) is 23.4 Å². The second-order valence-electron chi connectivity index (χ2n) is 5.98. The average Bonchev–Trinajstić information content (AvgIpc) is 3.30. The molecule has 120 valence electrons. The smallest absolute Gasteiger partial charge is 0.230 e. The quantitative estimate of drug-likeness (QED) is 0.455. The Bertz CT molecular complexity index is 564. The number of hydrogen-bond acceptors (Lipinski definition) is 5. The summed E-state index contributed by atoms with van der Waals surface area (Å²) in [5.74, 6) is 7.62. The van der Waals surface area contributed by atoms with Crippen LogP contribution in [0.5, 0.6) is 0 Å². The number of nitrogens with zero attached hydrogens (tertiary/aromatic N) is 3. The molecule has 7 heteroatoms. The second-order valence-corrected chi connectivity index (χ2v) is 6.92. The van der Waals surface area contributed by atoms with Gasteiger partial charge in [0.15, 0.2) is 5.82 Å². The molecule has 2 aliphatic rings. The molecule has 0 aliphatic heterocycles. The van der Waals surface area contributed by atoms with Crippen molar-refractivity contribution in [2.24, 2.45) is 0 Å². The van der Waals surface area contributed by atoms with Gasteiger partial charge in [-0.3, -0.25) is 4.79 Å². The van der Waals surface area contributed by atoms with Gasteiger partial charge in [0, 0.05) is 12.5 Å². The van der Waals surface area contributed by atoms with E-state index in [2.05, 4.69) is 21.6 Å². The maximum absolute atomic E-state index is 11.9. The molecule has 1 aromatic rings. The fourth-order valence-corrected chi connectivity index (χ4v) is 3.38. The zero-order valence-electron chi connectivity index (χ0n) is 12.8. The first-order chi connectivity index (χ1) is 10.7. The average molecular weight is 321 g/mol. The number of carbonyl (C=O) groups excluding carboxylic acids is 1. The van der Waals surface area contributed by atoms with Gasteiger partial charge in [0.05, 0.1) is 5.75 Å². The Morgan fingerprint density at radius 3 is 3.00 bits per heavy atom. The van der Waals surface area contributed by atoms with Crippen molar-refractivity contribution in [3.8, 4) is 0 Å². The van der Waals surface area contributed by atoms with E-state index in [1.165, 1.54) is 47.7 Å². The minimum Gasteiger partial charge on any atom is -0.355 e. The third-order valence-electron chi connectivity index (χ3n) is 4.12. The third-order valence-corrected chi connectivity index (χ3v) is 5.06. The van der Waals surface area contributed by atoms with Gasteiger partial charge >= 0.3 is 0 Å². The van der Waals surface area contributed by atoms with Crippen LogP contribution in [0, 0.1) is 0 Å². The molecule has 0 atom stereocenters. The van der Waals surface area contributed by atoms with E-state index in [-0.39, 0.29) is 5.91 Å². The molecule has 0 saturated heterocycles. The molecule has 3 N–H and O–H groups in total. The first-order valence-electron chi connectivity index (χ1n) is 8.02. The molecule has 0 bridgehead atoms. The van der Waals surface area contributed by atoms with Gasteiger partial charge in [-0.25, -0.2) is 4.68 Å². The van der Waals surface area contributed by atoms with Gasteiger partial charge < -0.3 is 11.2 Å². The highest BCUT2D eigenvalue weighted by Gasteiger charge is 2.29. The number of carbonyl (C=O) groups is 1. The largest absolute Gasteiger partial charge is 0.355 e. The minimum atomic E-state index is 0.0254. The molecule has 0 unspecified atom stereocenters. The Morgan fingerprint density at radius 1 is 1.41 bits per heavy atom. The number of nitrogens with two attached hydrogens (primary N) is 1. The molecule has 1 aromatic heterocycles. The third kappa shape index (κ3) is 4.03. The van der Waals surface area contributed by atoms with Crippen molar-refractivity contribution >= 4 is 17.7 Å². The van der Waals surface area contributed by atoms with Crippen LogP contribution < -0.4 is 11.2 Å². The van der Waals surface area contributed by atoms with Crippen LogP contribution in [0.25, 0.3) is 0 Å². The first kappa shape index (κ1) is 15.4. The summed E-state index contributed by atoms with van der Waals surface area (Å²) in [5, 5.41) is 11.8. The normalized spacial score (nSPS) is 18.1. The lowest BCUT2D eigenvalue weighted by Crippen LogP contribution is -2.27. The molecule has 6 nitrogen and oxygen atoms in total. The molecule has 0 spiro atoms. The highest BCUT2D eigenvalue weighted by Crippen LogP contribution is 2.39. The van der Waals surface area contributed by atoms with Crippen molar-refractivity contribution in [2.45, 2.75) is 56.0 Å². The number of amides is 1. The van der Waals surface area contributed by atoms with E-state index in [0.717, 1.165) is 25.1 Å². The van der Waals surface area contributed by atoms with Crippen molar-refractivity contribution in [3.05, 3.63) is 17.5 Å². The highest BCUT2D eigenvalue weighted by molar-refractivity contribution is 7.99. The zero-order valence-corrected chi connectivity index (χ0v) is 13.6. The van der Waals surface area contributed by atoms with Crippen LogP contribution in [-0.4, -0.2) is 33.1 Å². The summed E-state index contributed by atoms with van der Waals surface area (Å²) in [6.07, 6.45) is 10.5. The molecule has 1 fully saturated rings. The minimum absolute atomic E-state index is 0.0254. The molecular weight excluding hydrogens is 298 g/mol. The maximum atomic E-state index is 11.9. The van der Waals surface area contributed by atoms with Crippen LogP contribution in [0.15, 0.2) is 16.8 Å². The number of rotatable bonds is 7. The Kier molecular flexibility index (Phi) is 5.02. The van der Waals surface area contributed by atoms with Gasteiger partial charge in [-0.05, 0) is 44.9 Å². The lowest BCUT2D eigenvalue weighted by atomic mass is 9.97. The number of thioether (sulfide) groups is 1. The van der Waals surface area contributed by atoms with E-state index < -0.39 is 0 Å². The predicted molar refractivity (Wildman–Crippen MR) is 87.0 cm³/mol. The Balaban J connectivity index is 1.37. The van der Waals surface area contributed by atoms with Crippen molar-refractivity contribution in [2.75, 3.05) is 18.1 Å². The summed E-state index contributed by atoms with van der Waals surface area (Å²) in [5.41, 5.74) is 1.48. The Labute approximate surface area is 134 Å². The fraction of sp³-hybridized carbons (Fsp3) is 0.667. The van der Waals surface area contributed by atoms with Crippen molar-refractivity contribution < 1.29 is 4.79 Å². The number of nitrogens with one attached hydrogen (secondary N) is 1. The topological polar surface area (TPSA) is 85.8 Å². The van der Waals surface area contributed by atoms with Crippen LogP contribution in [0.4, 0.5) is 0 Å². The Morgan fingerprint density at radius 2 is 2.27 bits per heavy atom. The number of nitrogen functional groups attached to an aromatic ring is 1. The van der Waals surface area contributed by atoms with Crippen LogP contribution in [-0.2, 0) is 4.79 Å². The van der Waals surface area contributed by atoms with Gasteiger partial charge in [0.2, 0.25) is 11.1 Å². The van der Waals surface area contributed by atoms with E-state index in [4.69, 9.17) is 5.84 Å². The molecule has 1 saturated carbocycles. The van der Waals surface area contributed by atoms with Crippen LogP contribution >= 0.6 is 11.8 Å². The van der Waals surface area contributed by atoms with Crippen molar-refractivity contribution in [3.63, 3.8) is 0 Å². The monoisotopic (exact) mass is 321 g/mol. The van der Waals surface area contributed by atoms with Crippen molar-refractivity contribution in [1.82, 2.24) is 20.2 Å². The van der Waals surface area contributed by atoms with Crippen LogP contribution in [0.3, 0.4) is 0 Å². The first-order valence-corrected chi connectivity index (χ1v) is 9.00. The SMILES string of the molecule is Nn1c(SCC(=O)NCCC2=CCCCC2)nnc1C1CC1. The number of aromatic nitrogens is 3. The number of hydrogen-bond donors (Lipinski definition) is 2. The standard InChI is InChI=1S/C15H23N5OS/c16-20-14(12-6-7-12)18-19-15(20)22-10-13(21)17-9-8-11-4-2-1-3-5-11/h4,12H,1-3,5-10,16H2,(H,17,21). The zero-order chi connectivity index (χ0) is 15.4. The van der Waals surface area contributed by atoms with Gasteiger partial charge in [-0.2, -0.15) is 0 Å².